The molecule has 4 heteroatoms. The Bertz CT molecular complexity index is 519. The summed E-state index contributed by atoms with van der Waals surface area (Å²) in [5.74, 6) is -0.235. The van der Waals surface area contributed by atoms with Gasteiger partial charge >= 0.3 is 0 Å². The van der Waals surface area contributed by atoms with Crippen molar-refractivity contribution in [3.05, 3.63) is 53.5 Å². The van der Waals surface area contributed by atoms with Gasteiger partial charge in [0, 0.05) is 12.6 Å². The van der Waals surface area contributed by atoms with Crippen LogP contribution in [0.5, 0.6) is 0 Å². The van der Waals surface area contributed by atoms with E-state index in [1.54, 1.807) is 12.1 Å². The fourth-order valence-electron chi connectivity index (χ4n) is 1.38. The third-order valence-electron chi connectivity index (χ3n) is 2.25. The van der Waals surface area contributed by atoms with Gasteiger partial charge < -0.3 is 4.42 Å². The second kappa shape index (κ2) is 4.26. The molecule has 0 saturated carbocycles. The summed E-state index contributed by atoms with van der Waals surface area (Å²) in [4.78, 5) is 15.4. The number of carbonyl (C=O) groups excluding carboxylic acids is 1. The zero-order chi connectivity index (χ0) is 11.5. The number of pyridine rings is 1. The van der Waals surface area contributed by atoms with Crippen LogP contribution >= 0.6 is 0 Å². The smallest absolute Gasteiger partial charge is 0.231 e. The first-order chi connectivity index (χ1) is 7.72. The van der Waals surface area contributed by atoms with Crippen LogP contribution in [-0.2, 0) is 6.42 Å². The molecule has 3 nitrogen and oxygen atoms in total. The number of ketones is 1. The van der Waals surface area contributed by atoms with E-state index in [2.05, 4.69) is 4.98 Å². The summed E-state index contributed by atoms with van der Waals surface area (Å²) < 4.78 is 18.6. The zero-order valence-electron chi connectivity index (χ0n) is 8.74. The number of carbonyl (C=O) groups is 1. The Labute approximate surface area is 91.9 Å². The van der Waals surface area contributed by atoms with Crippen molar-refractivity contribution < 1.29 is 13.6 Å². The molecular formula is C12H10FNO2. The SMILES string of the molecule is CCc1ccc(C(=O)c2ccncc2F)o1. The highest BCUT2D eigenvalue weighted by Crippen LogP contribution is 2.15. The van der Waals surface area contributed by atoms with E-state index >= 15 is 0 Å². The molecule has 0 unspecified atom stereocenters. The molecular weight excluding hydrogens is 209 g/mol. The van der Waals surface area contributed by atoms with Gasteiger partial charge in [0.05, 0.1) is 11.8 Å². The van der Waals surface area contributed by atoms with E-state index in [0.29, 0.717) is 12.2 Å². The number of halogens is 1. The minimum absolute atomic E-state index is 0.0213. The van der Waals surface area contributed by atoms with E-state index in [0.717, 1.165) is 6.20 Å². The predicted molar refractivity (Wildman–Crippen MR) is 55.7 cm³/mol. The fraction of sp³-hybridized carbons (Fsp3) is 0.167. The van der Waals surface area contributed by atoms with Crippen molar-refractivity contribution in [2.45, 2.75) is 13.3 Å². The van der Waals surface area contributed by atoms with Crippen LogP contribution in [0.1, 0.15) is 28.8 Å². The highest BCUT2D eigenvalue weighted by Gasteiger charge is 2.16. The van der Waals surface area contributed by atoms with E-state index in [1.807, 2.05) is 6.92 Å². The van der Waals surface area contributed by atoms with Crippen LogP contribution in [0.25, 0.3) is 0 Å². The fourth-order valence-corrected chi connectivity index (χ4v) is 1.38. The van der Waals surface area contributed by atoms with Gasteiger partial charge in [-0.15, -0.1) is 0 Å². The maximum Gasteiger partial charge on any atom is 0.231 e. The van der Waals surface area contributed by atoms with Gasteiger partial charge in [0.25, 0.3) is 0 Å². The highest BCUT2D eigenvalue weighted by atomic mass is 19.1. The molecule has 0 aromatic carbocycles. The summed E-state index contributed by atoms with van der Waals surface area (Å²) in [5.41, 5.74) is -0.0213. The first-order valence-electron chi connectivity index (χ1n) is 4.95. The standard InChI is InChI=1S/C12H10FNO2/c1-2-8-3-4-11(16-8)12(15)9-5-6-14-7-10(9)13/h3-7H,2H2,1H3. The van der Waals surface area contributed by atoms with Crippen LogP contribution in [-0.4, -0.2) is 10.8 Å². The van der Waals surface area contributed by atoms with Gasteiger partial charge in [-0.25, -0.2) is 4.39 Å². The number of furan rings is 1. The van der Waals surface area contributed by atoms with Gasteiger partial charge in [0.1, 0.15) is 5.76 Å². The topological polar surface area (TPSA) is 43.1 Å². The molecule has 82 valence electrons. The predicted octanol–water partition coefficient (Wildman–Crippen LogP) is 2.61. The third kappa shape index (κ3) is 1.86. The number of hydrogen-bond acceptors (Lipinski definition) is 3. The van der Waals surface area contributed by atoms with Crippen LogP contribution in [0.3, 0.4) is 0 Å². The average Bonchev–Trinajstić information content (AvgIpc) is 2.77. The third-order valence-corrected chi connectivity index (χ3v) is 2.25. The Morgan fingerprint density at radius 2 is 2.25 bits per heavy atom. The van der Waals surface area contributed by atoms with Gasteiger partial charge in [-0.1, -0.05) is 6.92 Å². The van der Waals surface area contributed by atoms with E-state index in [9.17, 15) is 9.18 Å². The van der Waals surface area contributed by atoms with Crippen molar-refractivity contribution in [1.82, 2.24) is 4.98 Å². The summed E-state index contributed by atoms with van der Waals surface area (Å²) >= 11 is 0. The molecule has 0 aliphatic rings. The molecule has 2 heterocycles. The Balaban J connectivity index is 2.35. The average molecular weight is 219 g/mol. The van der Waals surface area contributed by atoms with Crippen molar-refractivity contribution in [2.24, 2.45) is 0 Å². The van der Waals surface area contributed by atoms with Crippen LogP contribution in [0.15, 0.2) is 35.0 Å². The van der Waals surface area contributed by atoms with Crippen molar-refractivity contribution >= 4 is 5.78 Å². The lowest BCUT2D eigenvalue weighted by Crippen LogP contribution is -2.03. The van der Waals surface area contributed by atoms with E-state index in [-0.39, 0.29) is 11.3 Å². The highest BCUT2D eigenvalue weighted by molar-refractivity contribution is 6.07. The summed E-state index contributed by atoms with van der Waals surface area (Å²) in [6.07, 6.45) is 3.09. The number of hydrogen-bond donors (Lipinski definition) is 0. The molecule has 0 atom stereocenters. The molecule has 0 saturated heterocycles. The number of rotatable bonds is 3. The monoisotopic (exact) mass is 219 g/mol. The van der Waals surface area contributed by atoms with Crippen LogP contribution < -0.4 is 0 Å². The van der Waals surface area contributed by atoms with Gasteiger partial charge in [-0.05, 0) is 18.2 Å². The molecule has 0 radical (unpaired) electrons. The van der Waals surface area contributed by atoms with Gasteiger partial charge in [0.2, 0.25) is 5.78 Å². The Kier molecular flexibility index (Phi) is 2.81. The maximum atomic E-state index is 13.3. The number of aryl methyl sites for hydroxylation is 1. The van der Waals surface area contributed by atoms with Crippen LogP contribution in [0.4, 0.5) is 4.39 Å². The zero-order valence-corrected chi connectivity index (χ0v) is 8.74. The maximum absolute atomic E-state index is 13.3. The number of nitrogens with zero attached hydrogens (tertiary/aromatic N) is 1. The van der Waals surface area contributed by atoms with Crippen molar-refractivity contribution in [3.8, 4) is 0 Å². The summed E-state index contributed by atoms with van der Waals surface area (Å²) in [6.45, 7) is 1.92. The van der Waals surface area contributed by atoms with Crippen molar-refractivity contribution in [1.29, 1.82) is 0 Å². The molecule has 16 heavy (non-hydrogen) atoms. The Morgan fingerprint density at radius 3 is 2.88 bits per heavy atom. The van der Waals surface area contributed by atoms with Gasteiger partial charge in [-0.3, -0.25) is 9.78 Å². The largest absolute Gasteiger partial charge is 0.458 e. The molecule has 2 aromatic rings. The minimum atomic E-state index is -0.637. The quantitative estimate of drug-likeness (QED) is 0.745. The van der Waals surface area contributed by atoms with E-state index in [4.69, 9.17) is 4.42 Å². The molecule has 0 fully saturated rings. The Morgan fingerprint density at radius 1 is 1.44 bits per heavy atom. The summed E-state index contributed by atoms with van der Waals surface area (Å²) in [6, 6.07) is 4.61. The molecule has 0 N–H and O–H groups in total. The molecule has 2 rings (SSSR count). The van der Waals surface area contributed by atoms with Crippen LogP contribution in [0.2, 0.25) is 0 Å². The summed E-state index contributed by atoms with van der Waals surface area (Å²) in [5, 5.41) is 0. The molecule has 0 aliphatic carbocycles. The first kappa shape index (κ1) is 10.5. The van der Waals surface area contributed by atoms with Gasteiger partial charge in [0.15, 0.2) is 11.6 Å². The second-order valence-corrected chi connectivity index (χ2v) is 3.30. The van der Waals surface area contributed by atoms with Crippen LogP contribution in [0, 0.1) is 5.82 Å². The normalized spacial score (nSPS) is 10.4. The van der Waals surface area contributed by atoms with E-state index < -0.39 is 11.6 Å². The summed E-state index contributed by atoms with van der Waals surface area (Å²) in [7, 11) is 0. The van der Waals surface area contributed by atoms with E-state index in [1.165, 1.54) is 12.3 Å². The lowest BCUT2D eigenvalue weighted by atomic mass is 10.1. The second-order valence-electron chi connectivity index (χ2n) is 3.30. The first-order valence-corrected chi connectivity index (χ1v) is 4.95. The Hall–Kier alpha value is -1.97. The van der Waals surface area contributed by atoms with Crippen molar-refractivity contribution in [3.63, 3.8) is 0 Å². The lowest BCUT2D eigenvalue weighted by molar-refractivity contribution is 0.100. The molecule has 0 aliphatic heterocycles. The lowest BCUT2D eigenvalue weighted by Gasteiger charge is -1.98. The number of aromatic nitrogens is 1. The molecule has 0 amide bonds. The molecule has 0 spiro atoms. The van der Waals surface area contributed by atoms with Gasteiger partial charge in [-0.2, -0.15) is 0 Å². The minimum Gasteiger partial charge on any atom is -0.458 e. The van der Waals surface area contributed by atoms with Crippen molar-refractivity contribution in [2.75, 3.05) is 0 Å². The molecule has 2 aromatic heterocycles. The molecule has 0 bridgehead atoms.